The Kier molecular flexibility index (Phi) is 5.39. The molecule has 21 heavy (non-hydrogen) atoms. The molecule has 1 saturated heterocycles. The number of anilines is 3. The lowest BCUT2D eigenvalue weighted by molar-refractivity contribution is 0.122. The van der Waals surface area contributed by atoms with Gasteiger partial charge in [0.05, 0.1) is 26.4 Å². The molecule has 2 rings (SSSR count). The van der Waals surface area contributed by atoms with Crippen LogP contribution in [0.1, 0.15) is 0 Å². The molecular formula is C11H18F2N6O2. The van der Waals surface area contributed by atoms with Crippen molar-refractivity contribution in [2.45, 2.75) is 6.43 Å². The summed E-state index contributed by atoms with van der Waals surface area (Å²) in [5.41, 5.74) is 5.63. The summed E-state index contributed by atoms with van der Waals surface area (Å²) in [5.74, 6) is 0.329. The van der Waals surface area contributed by atoms with Gasteiger partial charge in [-0.15, -0.1) is 0 Å². The summed E-state index contributed by atoms with van der Waals surface area (Å²) in [6.07, 6.45) is -2.57. The minimum Gasteiger partial charge on any atom is -0.395 e. The van der Waals surface area contributed by atoms with Crippen molar-refractivity contribution < 1.29 is 18.6 Å². The number of nitrogens with two attached hydrogens (primary N) is 1. The lowest BCUT2D eigenvalue weighted by Gasteiger charge is -2.28. The van der Waals surface area contributed by atoms with Crippen molar-refractivity contribution in [1.29, 1.82) is 0 Å². The van der Waals surface area contributed by atoms with E-state index in [9.17, 15) is 8.78 Å². The third-order valence-electron chi connectivity index (χ3n) is 2.93. The zero-order valence-corrected chi connectivity index (χ0v) is 11.5. The third-order valence-corrected chi connectivity index (χ3v) is 2.93. The standard InChI is InChI=1S/C11H18F2N6O2/c12-8(13)7-19(1-4-20)11-16-9(14)15-10(17-11)18-2-5-21-6-3-18/h8,20H,1-7H2,(H2,14,15,16,17). The molecule has 0 aliphatic carbocycles. The van der Waals surface area contributed by atoms with Crippen LogP contribution >= 0.6 is 0 Å². The van der Waals surface area contributed by atoms with Gasteiger partial charge in [-0.25, -0.2) is 8.78 Å². The number of morpholine rings is 1. The second kappa shape index (κ2) is 7.27. The van der Waals surface area contributed by atoms with Crippen LogP contribution < -0.4 is 15.5 Å². The minimum atomic E-state index is -2.57. The summed E-state index contributed by atoms with van der Waals surface area (Å²) >= 11 is 0. The highest BCUT2D eigenvalue weighted by molar-refractivity contribution is 5.43. The highest BCUT2D eigenvalue weighted by Gasteiger charge is 2.20. The summed E-state index contributed by atoms with van der Waals surface area (Å²) in [4.78, 5) is 15.1. The first kappa shape index (κ1) is 15.6. The Bertz CT molecular complexity index is 458. The van der Waals surface area contributed by atoms with E-state index in [2.05, 4.69) is 15.0 Å². The molecule has 2 heterocycles. The van der Waals surface area contributed by atoms with Gasteiger partial charge in [-0.3, -0.25) is 0 Å². The molecule has 1 aromatic heterocycles. The minimum absolute atomic E-state index is 0.00363. The normalized spacial score (nSPS) is 15.5. The van der Waals surface area contributed by atoms with Gasteiger partial charge < -0.3 is 25.4 Å². The zero-order valence-electron chi connectivity index (χ0n) is 11.5. The van der Waals surface area contributed by atoms with Crippen molar-refractivity contribution in [3.8, 4) is 0 Å². The van der Waals surface area contributed by atoms with Gasteiger partial charge in [-0.2, -0.15) is 15.0 Å². The smallest absolute Gasteiger partial charge is 0.255 e. The van der Waals surface area contributed by atoms with Crippen LogP contribution in [0.15, 0.2) is 0 Å². The maximum absolute atomic E-state index is 12.6. The number of halogens is 2. The number of hydrogen-bond donors (Lipinski definition) is 2. The van der Waals surface area contributed by atoms with Crippen LogP contribution in [0.4, 0.5) is 26.6 Å². The molecule has 0 unspecified atom stereocenters. The third kappa shape index (κ3) is 4.33. The van der Waals surface area contributed by atoms with E-state index in [1.54, 1.807) is 0 Å². The number of aliphatic hydroxyl groups excluding tert-OH is 1. The Balaban J connectivity index is 2.22. The molecule has 0 aromatic carbocycles. The van der Waals surface area contributed by atoms with Gasteiger partial charge in [0.2, 0.25) is 17.8 Å². The molecule has 0 atom stereocenters. The molecular weight excluding hydrogens is 286 g/mol. The quantitative estimate of drug-likeness (QED) is 0.715. The van der Waals surface area contributed by atoms with E-state index >= 15 is 0 Å². The summed E-state index contributed by atoms with van der Waals surface area (Å²) in [6.45, 7) is 1.40. The maximum atomic E-state index is 12.6. The lowest BCUT2D eigenvalue weighted by Crippen LogP contribution is -2.38. The van der Waals surface area contributed by atoms with Crippen molar-refractivity contribution in [1.82, 2.24) is 15.0 Å². The Morgan fingerprint density at radius 1 is 1.29 bits per heavy atom. The van der Waals surface area contributed by atoms with Gasteiger partial charge in [-0.1, -0.05) is 0 Å². The van der Waals surface area contributed by atoms with Crippen molar-refractivity contribution >= 4 is 17.8 Å². The Hall–Kier alpha value is -1.81. The number of hydrogen-bond acceptors (Lipinski definition) is 8. The van der Waals surface area contributed by atoms with Crippen molar-refractivity contribution in [3.63, 3.8) is 0 Å². The first-order chi connectivity index (χ1) is 10.1. The fourth-order valence-electron chi connectivity index (χ4n) is 1.98. The second-order valence-corrected chi connectivity index (χ2v) is 4.45. The van der Waals surface area contributed by atoms with Gasteiger partial charge in [0.15, 0.2) is 0 Å². The van der Waals surface area contributed by atoms with Crippen LogP contribution in [0.5, 0.6) is 0 Å². The van der Waals surface area contributed by atoms with Crippen LogP contribution in [-0.2, 0) is 4.74 Å². The Morgan fingerprint density at radius 2 is 2.00 bits per heavy atom. The monoisotopic (exact) mass is 304 g/mol. The van der Waals surface area contributed by atoms with E-state index in [1.807, 2.05) is 4.90 Å². The van der Waals surface area contributed by atoms with Gasteiger partial charge in [0.1, 0.15) is 0 Å². The highest BCUT2D eigenvalue weighted by Crippen LogP contribution is 2.17. The fourth-order valence-corrected chi connectivity index (χ4v) is 1.98. The molecule has 0 spiro atoms. The summed E-state index contributed by atoms with van der Waals surface area (Å²) in [6, 6.07) is 0. The number of alkyl halides is 2. The Labute approximate surface area is 120 Å². The molecule has 1 aliphatic rings. The molecule has 0 saturated carbocycles. The predicted molar refractivity (Wildman–Crippen MR) is 72.6 cm³/mol. The Morgan fingerprint density at radius 3 is 2.62 bits per heavy atom. The van der Waals surface area contributed by atoms with E-state index in [0.717, 1.165) is 0 Å². The zero-order chi connectivity index (χ0) is 15.2. The van der Waals surface area contributed by atoms with Crippen molar-refractivity contribution in [2.24, 2.45) is 0 Å². The number of rotatable bonds is 6. The van der Waals surface area contributed by atoms with Gasteiger partial charge >= 0.3 is 0 Å². The molecule has 3 N–H and O–H groups in total. The molecule has 0 amide bonds. The van der Waals surface area contributed by atoms with Crippen LogP contribution in [0.25, 0.3) is 0 Å². The van der Waals surface area contributed by atoms with E-state index in [-0.39, 0.29) is 25.0 Å². The molecule has 0 bridgehead atoms. The maximum Gasteiger partial charge on any atom is 0.255 e. The lowest BCUT2D eigenvalue weighted by atomic mass is 10.4. The highest BCUT2D eigenvalue weighted by atomic mass is 19.3. The molecule has 10 heteroatoms. The van der Waals surface area contributed by atoms with Crippen molar-refractivity contribution in [3.05, 3.63) is 0 Å². The van der Waals surface area contributed by atoms with Crippen molar-refractivity contribution in [2.75, 3.05) is 61.5 Å². The number of aliphatic hydroxyl groups is 1. The van der Waals surface area contributed by atoms with E-state index in [4.69, 9.17) is 15.6 Å². The van der Waals surface area contributed by atoms with Crippen LogP contribution in [0, 0.1) is 0 Å². The summed E-state index contributed by atoms with van der Waals surface area (Å²) in [5, 5.41) is 8.98. The molecule has 1 aromatic rings. The van der Waals surface area contributed by atoms with Gasteiger partial charge in [0, 0.05) is 19.6 Å². The second-order valence-electron chi connectivity index (χ2n) is 4.45. The SMILES string of the molecule is Nc1nc(N2CCOCC2)nc(N(CCO)CC(F)F)n1. The van der Waals surface area contributed by atoms with Gasteiger partial charge in [0.25, 0.3) is 6.43 Å². The molecule has 0 radical (unpaired) electrons. The first-order valence-electron chi connectivity index (χ1n) is 6.58. The van der Waals surface area contributed by atoms with Crippen LogP contribution in [0.3, 0.4) is 0 Å². The molecule has 8 nitrogen and oxygen atoms in total. The van der Waals surface area contributed by atoms with E-state index in [1.165, 1.54) is 4.90 Å². The molecule has 1 fully saturated rings. The van der Waals surface area contributed by atoms with Crippen LogP contribution in [0.2, 0.25) is 0 Å². The number of nitrogen functional groups attached to an aromatic ring is 1. The predicted octanol–water partition coefficient (Wildman–Crippen LogP) is -0.646. The largest absolute Gasteiger partial charge is 0.395 e. The summed E-state index contributed by atoms with van der Waals surface area (Å²) < 4.78 is 30.4. The average Bonchev–Trinajstić information content (AvgIpc) is 2.47. The average molecular weight is 304 g/mol. The van der Waals surface area contributed by atoms with Crippen LogP contribution in [-0.4, -0.2) is 72.5 Å². The first-order valence-corrected chi connectivity index (χ1v) is 6.58. The van der Waals surface area contributed by atoms with E-state index < -0.39 is 13.0 Å². The number of ether oxygens (including phenoxy) is 1. The summed E-state index contributed by atoms with van der Waals surface area (Å²) in [7, 11) is 0. The molecule has 1 aliphatic heterocycles. The fraction of sp³-hybridized carbons (Fsp3) is 0.727. The number of aromatic nitrogens is 3. The number of nitrogens with zero attached hydrogens (tertiary/aromatic N) is 5. The topological polar surface area (TPSA) is 101 Å². The van der Waals surface area contributed by atoms with E-state index in [0.29, 0.717) is 32.3 Å². The van der Waals surface area contributed by atoms with Gasteiger partial charge in [-0.05, 0) is 0 Å². The molecule has 118 valence electrons.